The molecule has 0 aromatic heterocycles. The predicted molar refractivity (Wildman–Crippen MR) is 55.7 cm³/mol. The molecule has 0 rings (SSSR count). The molecule has 3 nitrogen and oxygen atoms in total. The Bertz CT molecular complexity index is 155. The van der Waals surface area contributed by atoms with E-state index >= 15 is 0 Å². The highest BCUT2D eigenvalue weighted by atomic mass is 16.2. The third-order valence-electron chi connectivity index (χ3n) is 1.69. The topological polar surface area (TPSA) is 41.5 Å². The normalized spacial score (nSPS) is 10.6. The van der Waals surface area contributed by atoms with Crippen LogP contribution in [0.1, 0.15) is 52.4 Å². The highest BCUT2D eigenvalue weighted by Crippen LogP contribution is 1.95. The van der Waals surface area contributed by atoms with Crippen molar-refractivity contribution in [2.45, 2.75) is 52.4 Å². The van der Waals surface area contributed by atoms with Crippen LogP contribution in [0.5, 0.6) is 0 Å². The van der Waals surface area contributed by atoms with Gasteiger partial charge in [0.05, 0.1) is 0 Å². The molecule has 13 heavy (non-hydrogen) atoms. The smallest absolute Gasteiger partial charge is 0.240 e. The monoisotopic (exact) mass is 184 g/mol. The van der Waals surface area contributed by atoms with Crippen molar-refractivity contribution in [3.8, 4) is 0 Å². The van der Waals surface area contributed by atoms with Gasteiger partial charge in [0.15, 0.2) is 0 Å². The lowest BCUT2D eigenvalue weighted by molar-refractivity contribution is -0.121. The summed E-state index contributed by atoms with van der Waals surface area (Å²) in [5, 5.41) is 3.84. The number of unbranched alkanes of at least 4 members (excludes halogenated alkanes) is 3. The summed E-state index contributed by atoms with van der Waals surface area (Å²) >= 11 is 0. The molecular formula is C10H20N2O. The Morgan fingerprint density at radius 1 is 1.31 bits per heavy atom. The van der Waals surface area contributed by atoms with Crippen molar-refractivity contribution in [2.75, 3.05) is 0 Å². The van der Waals surface area contributed by atoms with Crippen molar-refractivity contribution >= 4 is 12.1 Å². The zero-order chi connectivity index (χ0) is 9.94. The van der Waals surface area contributed by atoms with E-state index in [2.05, 4.69) is 17.5 Å². The Morgan fingerprint density at radius 2 is 2.08 bits per heavy atom. The van der Waals surface area contributed by atoms with Crippen LogP contribution >= 0.6 is 0 Å². The number of nitrogens with one attached hydrogen (secondary N) is 1. The van der Waals surface area contributed by atoms with Gasteiger partial charge >= 0.3 is 0 Å². The molecule has 3 heteroatoms. The van der Waals surface area contributed by atoms with E-state index in [-0.39, 0.29) is 5.91 Å². The molecule has 0 fully saturated rings. The summed E-state index contributed by atoms with van der Waals surface area (Å²) in [5.41, 5.74) is 2.49. The summed E-state index contributed by atoms with van der Waals surface area (Å²) in [5.74, 6) is 0.00856. The first-order valence-electron chi connectivity index (χ1n) is 5.11. The van der Waals surface area contributed by atoms with Crippen LogP contribution in [0.2, 0.25) is 0 Å². The van der Waals surface area contributed by atoms with Gasteiger partial charge in [-0.05, 0) is 19.3 Å². The molecule has 1 amide bonds. The maximum absolute atomic E-state index is 10.9. The number of hydrogen-bond donors (Lipinski definition) is 1. The van der Waals surface area contributed by atoms with Crippen molar-refractivity contribution in [3.05, 3.63) is 0 Å². The van der Waals surface area contributed by atoms with E-state index in [0.717, 1.165) is 19.3 Å². The van der Waals surface area contributed by atoms with Gasteiger partial charge in [-0.1, -0.05) is 26.7 Å². The molecule has 0 heterocycles. The molecule has 1 N–H and O–H groups in total. The van der Waals surface area contributed by atoms with E-state index in [1.54, 1.807) is 6.21 Å². The zero-order valence-corrected chi connectivity index (χ0v) is 8.68. The second kappa shape index (κ2) is 9.23. The average molecular weight is 184 g/mol. The SMILES string of the molecule is CCCCC/C=N/NC(=O)CCC. The Labute approximate surface area is 80.6 Å². The number of carbonyl (C=O) groups excluding carboxylic acids is 1. The first kappa shape index (κ1) is 12.1. The first-order chi connectivity index (χ1) is 6.31. The summed E-state index contributed by atoms with van der Waals surface area (Å²) in [6.07, 6.45) is 7.78. The average Bonchev–Trinajstić information content (AvgIpc) is 2.11. The molecule has 0 spiro atoms. The minimum Gasteiger partial charge on any atom is -0.273 e. The maximum atomic E-state index is 10.9. The van der Waals surface area contributed by atoms with Gasteiger partial charge in [0.2, 0.25) is 5.91 Å². The van der Waals surface area contributed by atoms with E-state index in [9.17, 15) is 4.79 Å². The van der Waals surface area contributed by atoms with E-state index in [1.807, 2.05) is 6.92 Å². The predicted octanol–water partition coefficient (Wildman–Crippen LogP) is 2.47. The van der Waals surface area contributed by atoms with Crippen LogP contribution in [-0.2, 0) is 4.79 Å². The van der Waals surface area contributed by atoms with Crippen LogP contribution in [0, 0.1) is 0 Å². The lowest BCUT2D eigenvalue weighted by Crippen LogP contribution is -2.16. The fraction of sp³-hybridized carbons (Fsp3) is 0.800. The molecule has 0 aromatic carbocycles. The van der Waals surface area contributed by atoms with Crippen molar-refractivity contribution in [1.82, 2.24) is 5.43 Å². The summed E-state index contributed by atoms with van der Waals surface area (Å²) < 4.78 is 0. The number of hydrazone groups is 1. The molecule has 0 unspecified atom stereocenters. The van der Waals surface area contributed by atoms with Crippen LogP contribution in [0.3, 0.4) is 0 Å². The van der Waals surface area contributed by atoms with Crippen molar-refractivity contribution in [3.63, 3.8) is 0 Å². The van der Waals surface area contributed by atoms with Crippen LogP contribution in [0.25, 0.3) is 0 Å². The third kappa shape index (κ3) is 9.05. The number of hydrogen-bond acceptors (Lipinski definition) is 2. The standard InChI is InChI=1S/C10H20N2O/c1-3-5-6-7-9-11-12-10(13)8-4-2/h9H,3-8H2,1-2H3,(H,12,13)/b11-9+. The Morgan fingerprint density at radius 3 is 2.69 bits per heavy atom. The van der Waals surface area contributed by atoms with Gasteiger partial charge in [-0.15, -0.1) is 0 Å². The third-order valence-corrected chi connectivity index (χ3v) is 1.69. The van der Waals surface area contributed by atoms with Gasteiger partial charge in [-0.2, -0.15) is 5.10 Å². The van der Waals surface area contributed by atoms with Gasteiger partial charge in [-0.3, -0.25) is 4.79 Å². The quantitative estimate of drug-likeness (QED) is 0.368. The molecule has 0 aliphatic rings. The largest absolute Gasteiger partial charge is 0.273 e. The molecule has 0 atom stereocenters. The molecular weight excluding hydrogens is 164 g/mol. The molecule has 0 aliphatic carbocycles. The Hall–Kier alpha value is -0.860. The second-order valence-electron chi connectivity index (χ2n) is 3.09. The number of carbonyl (C=O) groups is 1. The van der Waals surface area contributed by atoms with Gasteiger partial charge in [0, 0.05) is 12.6 Å². The lowest BCUT2D eigenvalue weighted by Gasteiger charge is -1.95. The van der Waals surface area contributed by atoms with E-state index < -0.39 is 0 Å². The summed E-state index contributed by atoms with van der Waals surface area (Å²) in [4.78, 5) is 10.9. The van der Waals surface area contributed by atoms with Gasteiger partial charge in [0.1, 0.15) is 0 Å². The Balaban J connectivity index is 3.25. The highest BCUT2D eigenvalue weighted by Gasteiger charge is 1.93. The molecule has 76 valence electrons. The van der Waals surface area contributed by atoms with Crippen LogP contribution in [0.15, 0.2) is 5.10 Å². The molecule has 0 saturated heterocycles. The highest BCUT2D eigenvalue weighted by molar-refractivity contribution is 5.76. The van der Waals surface area contributed by atoms with Gasteiger partial charge in [0.25, 0.3) is 0 Å². The van der Waals surface area contributed by atoms with Crippen molar-refractivity contribution < 1.29 is 4.79 Å². The molecule has 0 saturated carbocycles. The summed E-state index contributed by atoms with van der Waals surface area (Å²) in [6, 6.07) is 0. The molecule has 0 aromatic rings. The number of nitrogens with zero attached hydrogens (tertiary/aromatic N) is 1. The maximum Gasteiger partial charge on any atom is 0.240 e. The van der Waals surface area contributed by atoms with Crippen LogP contribution in [0.4, 0.5) is 0 Å². The fourth-order valence-electron chi connectivity index (χ4n) is 0.951. The van der Waals surface area contributed by atoms with E-state index in [1.165, 1.54) is 12.8 Å². The van der Waals surface area contributed by atoms with Crippen LogP contribution < -0.4 is 5.43 Å². The van der Waals surface area contributed by atoms with Crippen molar-refractivity contribution in [1.29, 1.82) is 0 Å². The molecule has 0 radical (unpaired) electrons. The fourth-order valence-corrected chi connectivity index (χ4v) is 0.951. The minimum absolute atomic E-state index is 0.00856. The minimum atomic E-state index is 0.00856. The summed E-state index contributed by atoms with van der Waals surface area (Å²) in [7, 11) is 0. The van der Waals surface area contributed by atoms with Crippen molar-refractivity contribution in [2.24, 2.45) is 5.10 Å². The second-order valence-corrected chi connectivity index (χ2v) is 3.09. The van der Waals surface area contributed by atoms with Gasteiger partial charge < -0.3 is 0 Å². The van der Waals surface area contributed by atoms with Crippen LogP contribution in [-0.4, -0.2) is 12.1 Å². The lowest BCUT2D eigenvalue weighted by atomic mass is 10.2. The number of amides is 1. The van der Waals surface area contributed by atoms with E-state index in [0.29, 0.717) is 6.42 Å². The first-order valence-corrected chi connectivity index (χ1v) is 5.11. The van der Waals surface area contributed by atoms with E-state index in [4.69, 9.17) is 0 Å². The van der Waals surface area contributed by atoms with Gasteiger partial charge in [-0.25, -0.2) is 5.43 Å². The molecule has 0 aliphatic heterocycles. The zero-order valence-electron chi connectivity index (χ0n) is 8.68. The number of rotatable bonds is 7. The Kier molecular flexibility index (Phi) is 8.62. The molecule has 0 bridgehead atoms. The summed E-state index contributed by atoms with van der Waals surface area (Å²) in [6.45, 7) is 4.14.